The molecule has 478 valence electrons. The minimum absolute atomic E-state index is 0.0317. The second kappa shape index (κ2) is 63.0. The summed E-state index contributed by atoms with van der Waals surface area (Å²) in [5.41, 5.74) is 0. The standard InChI is InChI=1S/C72H132NO8P/c1-6-8-10-12-14-16-18-20-22-24-26-28-30-32-33-34-35-36-37-38-39-41-42-44-46-48-50-52-54-56-58-60-62-64-71(74)78-68-70(69-80-82(76,77)79-67-66-73(3,4)5)81-72(75)65-63-61-59-57-55-53-51-49-47-45-43-40-31-29-27-25-23-21-19-17-15-13-11-9-7-2/h9,11,15,17-18,20-21,23-24,26-27,29,70H,6-8,10,12-14,16,19,22,25,28,30-69H2,1-5H3/b11-9-,17-15-,20-18-,23-21-,26-24-,29-27-. The molecular formula is C72H132NO8P. The molecule has 0 amide bonds. The molecule has 82 heavy (non-hydrogen) atoms. The Morgan fingerprint density at radius 3 is 1.04 bits per heavy atom. The van der Waals surface area contributed by atoms with Crippen LogP contribution in [0, 0.1) is 0 Å². The summed E-state index contributed by atoms with van der Waals surface area (Å²) in [5.74, 6) is -0.823. The van der Waals surface area contributed by atoms with Crippen molar-refractivity contribution in [3.63, 3.8) is 0 Å². The Labute approximate surface area is 508 Å². The molecular weight excluding hydrogens is 1040 g/mol. The summed E-state index contributed by atoms with van der Waals surface area (Å²) in [6.45, 7) is 4.16. The Morgan fingerprint density at radius 2 is 0.695 bits per heavy atom. The molecule has 10 heteroatoms. The number of hydrogen-bond donors (Lipinski definition) is 0. The molecule has 0 aliphatic carbocycles. The molecule has 0 aliphatic rings. The number of carbonyl (C=O) groups excluding carboxylic acids is 2. The first-order chi connectivity index (χ1) is 40.0. The van der Waals surface area contributed by atoms with E-state index in [0.29, 0.717) is 17.4 Å². The van der Waals surface area contributed by atoms with Crippen molar-refractivity contribution in [2.45, 2.75) is 328 Å². The Hall–Kier alpha value is -2.55. The van der Waals surface area contributed by atoms with E-state index in [1.807, 2.05) is 21.1 Å². The third kappa shape index (κ3) is 66.6. The van der Waals surface area contributed by atoms with Crippen LogP contribution in [0.15, 0.2) is 72.9 Å². The molecule has 0 N–H and O–H groups in total. The minimum Gasteiger partial charge on any atom is -0.756 e. The van der Waals surface area contributed by atoms with Crippen molar-refractivity contribution in [3.8, 4) is 0 Å². The van der Waals surface area contributed by atoms with Crippen LogP contribution in [0.25, 0.3) is 0 Å². The van der Waals surface area contributed by atoms with Gasteiger partial charge < -0.3 is 27.9 Å². The average Bonchev–Trinajstić information content (AvgIpc) is 3.46. The van der Waals surface area contributed by atoms with Crippen molar-refractivity contribution in [3.05, 3.63) is 72.9 Å². The van der Waals surface area contributed by atoms with Crippen molar-refractivity contribution in [1.82, 2.24) is 0 Å². The average molecular weight is 1170 g/mol. The van der Waals surface area contributed by atoms with Gasteiger partial charge in [0, 0.05) is 12.8 Å². The Kier molecular flexibility index (Phi) is 61.0. The summed E-state index contributed by atoms with van der Waals surface area (Å²) in [7, 11) is 1.17. The van der Waals surface area contributed by atoms with Crippen molar-refractivity contribution in [2.24, 2.45) is 0 Å². The first-order valence-corrected chi connectivity index (χ1v) is 36.1. The van der Waals surface area contributed by atoms with Crippen LogP contribution in [-0.2, 0) is 32.7 Å². The number of rotatable bonds is 64. The van der Waals surface area contributed by atoms with Crippen molar-refractivity contribution in [2.75, 3.05) is 47.5 Å². The molecule has 0 fully saturated rings. The topological polar surface area (TPSA) is 111 Å². The van der Waals surface area contributed by atoms with Gasteiger partial charge in [-0.25, -0.2) is 0 Å². The molecule has 0 saturated carbocycles. The fraction of sp³-hybridized carbons (Fsp3) is 0.806. The molecule has 0 aromatic carbocycles. The molecule has 9 nitrogen and oxygen atoms in total. The Bertz CT molecular complexity index is 1610. The van der Waals surface area contributed by atoms with E-state index >= 15 is 0 Å². The van der Waals surface area contributed by atoms with Crippen LogP contribution in [0.3, 0.4) is 0 Å². The van der Waals surface area contributed by atoms with Gasteiger partial charge in [0.25, 0.3) is 7.82 Å². The molecule has 0 heterocycles. The molecule has 2 unspecified atom stereocenters. The lowest BCUT2D eigenvalue weighted by Gasteiger charge is -2.28. The third-order valence-corrected chi connectivity index (χ3v) is 16.2. The van der Waals surface area contributed by atoms with Crippen LogP contribution in [0.2, 0.25) is 0 Å². The maximum atomic E-state index is 12.9. The molecule has 0 spiro atoms. The highest BCUT2D eigenvalue weighted by atomic mass is 31.2. The van der Waals surface area contributed by atoms with Gasteiger partial charge in [0.05, 0.1) is 27.7 Å². The molecule has 0 aromatic rings. The lowest BCUT2D eigenvalue weighted by molar-refractivity contribution is -0.870. The normalized spacial score (nSPS) is 13.6. The number of phosphoric ester groups is 1. The zero-order valence-corrected chi connectivity index (χ0v) is 55.3. The number of allylic oxidation sites excluding steroid dienone is 12. The largest absolute Gasteiger partial charge is 0.756 e. The van der Waals surface area contributed by atoms with Crippen LogP contribution in [0.5, 0.6) is 0 Å². The third-order valence-electron chi connectivity index (χ3n) is 15.2. The summed E-state index contributed by atoms with van der Waals surface area (Å²) < 4.78 is 34.3. The molecule has 0 bridgehead atoms. The predicted octanol–water partition coefficient (Wildman–Crippen LogP) is 21.8. The van der Waals surface area contributed by atoms with Crippen LogP contribution >= 0.6 is 7.82 Å². The van der Waals surface area contributed by atoms with Gasteiger partial charge in [-0.15, -0.1) is 0 Å². The molecule has 0 saturated heterocycles. The number of nitrogens with zero attached hydrogens (tertiary/aromatic N) is 1. The van der Waals surface area contributed by atoms with Gasteiger partial charge in [-0.05, 0) is 83.5 Å². The maximum absolute atomic E-state index is 12.9. The minimum atomic E-state index is -4.64. The van der Waals surface area contributed by atoms with Crippen molar-refractivity contribution >= 4 is 19.8 Å². The molecule has 0 aliphatic heterocycles. The number of likely N-dealkylation sites (N-methyl/N-ethyl adjacent to an activating group) is 1. The van der Waals surface area contributed by atoms with E-state index in [9.17, 15) is 19.0 Å². The Morgan fingerprint density at radius 1 is 0.390 bits per heavy atom. The molecule has 2 atom stereocenters. The number of unbranched alkanes of at least 4 members (excludes halogenated alkanes) is 38. The molecule has 0 rings (SSSR count). The predicted molar refractivity (Wildman–Crippen MR) is 351 cm³/mol. The summed E-state index contributed by atoms with van der Waals surface area (Å²) >= 11 is 0. The lowest BCUT2D eigenvalue weighted by Crippen LogP contribution is -2.37. The lowest BCUT2D eigenvalue weighted by atomic mass is 10.0. The highest BCUT2D eigenvalue weighted by Crippen LogP contribution is 2.38. The first-order valence-electron chi connectivity index (χ1n) is 34.6. The van der Waals surface area contributed by atoms with Gasteiger partial charge in [0.1, 0.15) is 19.8 Å². The summed E-state index contributed by atoms with van der Waals surface area (Å²) in [6, 6.07) is 0. The van der Waals surface area contributed by atoms with Crippen LogP contribution in [-0.4, -0.2) is 70.0 Å². The van der Waals surface area contributed by atoms with E-state index in [4.69, 9.17) is 18.5 Å². The van der Waals surface area contributed by atoms with E-state index in [0.717, 1.165) is 70.6 Å². The monoisotopic (exact) mass is 1170 g/mol. The number of esters is 2. The SMILES string of the molecule is CC/C=C\C/C=C\C/C=C\C/C=C\CCCCCCCCCCCCCCC(=O)OC(COC(=O)CCCCCCCCCCCCCCCCCCCCCCC/C=C\C/C=C\CCCCCCC)COP(=O)([O-])OCC[N+](C)(C)C. The van der Waals surface area contributed by atoms with E-state index in [2.05, 4.69) is 86.8 Å². The first kappa shape index (κ1) is 79.5. The van der Waals surface area contributed by atoms with Gasteiger partial charge in [0.2, 0.25) is 0 Å². The number of quaternary nitrogens is 1. The second-order valence-corrected chi connectivity index (χ2v) is 25.9. The highest BCUT2D eigenvalue weighted by Gasteiger charge is 2.22. The second-order valence-electron chi connectivity index (χ2n) is 24.5. The van der Waals surface area contributed by atoms with Crippen LogP contribution in [0.4, 0.5) is 0 Å². The van der Waals surface area contributed by atoms with E-state index < -0.39 is 26.5 Å². The van der Waals surface area contributed by atoms with Gasteiger partial charge in [-0.2, -0.15) is 0 Å². The van der Waals surface area contributed by atoms with Crippen molar-refractivity contribution < 1.29 is 42.1 Å². The number of phosphoric acid groups is 1. The summed E-state index contributed by atoms with van der Waals surface area (Å²) in [4.78, 5) is 38.0. The smallest absolute Gasteiger partial charge is 0.306 e. The maximum Gasteiger partial charge on any atom is 0.306 e. The zero-order valence-electron chi connectivity index (χ0n) is 54.4. The van der Waals surface area contributed by atoms with E-state index in [1.165, 1.54) is 218 Å². The number of carbonyl (C=O) groups is 2. The number of hydrogen-bond acceptors (Lipinski definition) is 8. The zero-order chi connectivity index (χ0) is 59.8. The van der Waals surface area contributed by atoms with Gasteiger partial charge in [-0.3, -0.25) is 14.2 Å². The van der Waals surface area contributed by atoms with Crippen LogP contribution in [0.1, 0.15) is 322 Å². The van der Waals surface area contributed by atoms with Crippen LogP contribution < -0.4 is 4.89 Å². The number of ether oxygens (including phenoxy) is 2. The van der Waals surface area contributed by atoms with E-state index in [-0.39, 0.29) is 32.0 Å². The van der Waals surface area contributed by atoms with Crippen molar-refractivity contribution in [1.29, 1.82) is 0 Å². The molecule has 0 aromatic heterocycles. The van der Waals surface area contributed by atoms with Gasteiger partial charge in [-0.1, -0.05) is 299 Å². The summed E-state index contributed by atoms with van der Waals surface area (Å²) in [5, 5.41) is 0. The van der Waals surface area contributed by atoms with Gasteiger partial charge in [0.15, 0.2) is 6.10 Å². The fourth-order valence-electron chi connectivity index (χ4n) is 9.92. The van der Waals surface area contributed by atoms with E-state index in [1.54, 1.807) is 0 Å². The molecule has 0 radical (unpaired) electrons. The Balaban J connectivity index is 4.01. The summed E-state index contributed by atoms with van der Waals surface area (Å²) in [6.07, 6.45) is 84.1. The quantitative estimate of drug-likeness (QED) is 0.0195. The van der Waals surface area contributed by atoms with Gasteiger partial charge >= 0.3 is 11.9 Å². The highest BCUT2D eigenvalue weighted by molar-refractivity contribution is 7.45. The fourth-order valence-corrected chi connectivity index (χ4v) is 10.6.